The number of fused-ring (bicyclic) bond motifs is 1. The molecule has 0 fully saturated rings. The van der Waals surface area contributed by atoms with E-state index < -0.39 is 10.0 Å². The van der Waals surface area contributed by atoms with Gasteiger partial charge in [0.15, 0.2) is 11.5 Å². The van der Waals surface area contributed by atoms with E-state index >= 15 is 0 Å². The molecule has 1 aliphatic heterocycles. The molecule has 0 aliphatic carbocycles. The zero-order valence-corrected chi connectivity index (χ0v) is 11.3. The van der Waals surface area contributed by atoms with Crippen LogP contribution in [0.4, 0.5) is 0 Å². The Balaban J connectivity index is 2.28. The summed E-state index contributed by atoms with van der Waals surface area (Å²) in [6.07, 6.45) is 0.740. The van der Waals surface area contributed by atoms with E-state index in [-0.39, 0.29) is 10.9 Å². The molecule has 0 saturated heterocycles. The quantitative estimate of drug-likeness (QED) is 0.902. The van der Waals surface area contributed by atoms with E-state index in [1.54, 1.807) is 6.07 Å². The van der Waals surface area contributed by atoms with Crippen LogP contribution in [0.25, 0.3) is 0 Å². The summed E-state index contributed by atoms with van der Waals surface area (Å²) in [6.45, 7) is 4.69. The van der Waals surface area contributed by atoms with Crippen LogP contribution in [0.2, 0.25) is 0 Å². The summed E-state index contributed by atoms with van der Waals surface area (Å²) in [7, 11) is -3.49. The normalized spacial score (nSPS) is 16.3. The molecule has 1 aliphatic rings. The van der Waals surface area contributed by atoms with Gasteiger partial charge in [-0.25, -0.2) is 13.1 Å². The molecular weight excluding hydrogens is 254 g/mol. The molecule has 0 aromatic heterocycles. The molecule has 0 spiro atoms. The van der Waals surface area contributed by atoms with Crippen LogP contribution in [0.15, 0.2) is 23.1 Å². The van der Waals surface area contributed by atoms with Crippen LogP contribution in [0.1, 0.15) is 20.3 Å². The van der Waals surface area contributed by atoms with Crippen LogP contribution in [0, 0.1) is 0 Å². The number of ether oxygens (including phenoxy) is 2. The lowest BCUT2D eigenvalue weighted by Gasteiger charge is -2.19. The molecule has 1 N–H and O–H groups in total. The van der Waals surface area contributed by atoms with Gasteiger partial charge in [-0.2, -0.15) is 0 Å². The monoisotopic (exact) mass is 271 g/mol. The van der Waals surface area contributed by atoms with Gasteiger partial charge in [0, 0.05) is 12.1 Å². The van der Waals surface area contributed by atoms with Gasteiger partial charge in [-0.1, -0.05) is 6.92 Å². The van der Waals surface area contributed by atoms with E-state index in [2.05, 4.69) is 4.72 Å². The summed E-state index contributed by atoms with van der Waals surface area (Å²) in [5, 5.41) is 0. The Morgan fingerprint density at radius 3 is 2.61 bits per heavy atom. The van der Waals surface area contributed by atoms with Crippen LogP contribution >= 0.6 is 0 Å². The second-order valence-corrected chi connectivity index (χ2v) is 5.95. The maximum absolute atomic E-state index is 12.1. The minimum Gasteiger partial charge on any atom is -0.486 e. The first kappa shape index (κ1) is 13.2. The Labute approximate surface area is 107 Å². The fraction of sp³-hybridized carbons (Fsp3) is 0.500. The third kappa shape index (κ3) is 2.76. The van der Waals surface area contributed by atoms with Crippen molar-refractivity contribution in [2.24, 2.45) is 0 Å². The highest BCUT2D eigenvalue weighted by Gasteiger charge is 2.20. The molecular formula is C12H17NO4S. The van der Waals surface area contributed by atoms with Crippen LogP contribution < -0.4 is 14.2 Å². The van der Waals surface area contributed by atoms with Gasteiger partial charge >= 0.3 is 0 Å². The summed E-state index contributed by atoms with van der Waals surface area (Å²) in [5.74, 6) is 1.07. The lowest BCUT2D eigenvalue weighted by Crippen LogP contribution is -2.32. The Morgan fingerprint density at radius 2 is 1.94 bits per heavy atom. The van der Waals surface area contributed by atoms with E-state index in [1.165, 1.54) is 12.1 Å². The molecule has 1 atom stereocenters. The van der Waals surface area contributed by atoms with Gasteiger partial charge in [-0.05, 0) is 25.5 Å². The average molecular weight is 271 g/mol. The third-order valence-electron chi connectivity index (χ3n) is 2.79. The highest BCUT2D eigenvalue weighted by atomic mass is 32.2. The Bertz CT molecular complexity index is 527. The zero-order valence-electron chi connectivity index (χ0n) is 10.5. The van der Waals surface area contributed by atoms with Crippen molar-refractivity contribution in [1.29, 1.82) is 0 Å². The molecule has 2 rings (SSSR count). The molecule has 1 heterocycles. The second kappa shape index (κ2) is 5.16. The fourth-order valence-corrected chi connectivity index (χ4v) is 2.95. The maximum Gasteiger partial charge on any atom is 0.240 e. The molecule has 1 aromatic rings. The molecule has 100 valence electrons. The van der Waals surface area contributed by atoms with E-state index in [0.29, 0.717) is 24.7 Å². The SMILES string of the molecule is CCC(C)NS(=O)(=O)c1ccc2c(c1)OCCO2. The fourth-order valence-electron chi connectivity index (χ4n) is 1.61. The van der Waals surface area contributed by atoms with Gasteiger partial charge in [-0.3, -0.25) is 0 Å². The van der Waals surface area contributed by atoms with Gasteiger partial charge in [0.25, 0.3) is 0 Å². The first-order chi connectivity index (χ1) is 8.53. The van der Waals surface area contributed by atoms with E-state index in [9.17, 15) is 8.42 Å². The third-order valence-corrected chi connectivity index (χ3v) is 4.38. The van der Waals surface area contributed by atoms with Crippen molar-refractivity contribution in [3.63, 3.8) is 0 Å². The van der Waals surface area contributed by atoms with Crippen molar-refractivity contribution < 1.29 is 17.9 Å². The Hall–Kier alpha value is -1.27. The van der Waals surface area contributed by atoms with Crippen molar-refractivity contribution in [3.05, 3.63) is 18.2 Å². The van der Waals surface area contributed by atoms with Crippen LogP contribution in [-0.2, 0) is 10.0 Å². The number of sulfonamides is 1. The standard InChI is InChI=1S/C12H17NO4S/c1-3-9(2)13-18(14,15)10-4-5-11-12(8-10)17-7-6-16-11/h4-5,8-9,13H,3,6-7H2,1-2H3. The van der Waals surface area contributed by atoms with Crippen molar-refractivity contribution in [1.82, 2.24) is 4.72 Å². The average Bonchev–Trinajstić information content (AvgIpc) is 2.37. The molecule has 0 amide bonds. The lowest BCUT2D eigenvalue weighted by molar-refractivity contribution is 0.171. The molecule has 5 nitrogen and oxygen atoms in total. The van der Waals surface area contributed by atoms with Crippen LogP contribution in [0.3, 0.4) is 0 Å². The van der Waals surface area contributed by atoms with Crippen molar-refractivity contribution in [2.45, 2.75) is 31.2 Å². The molecule has 1 aromatic carbocycles. The summed E-state index contributed by atoms with van der Waals surface area (Å²) >= 11 is 0. The topological polar surface area (TPSA) is 64.6 Å². The summed E-state index contributed by atoms with van der Waals surface area (Å²) in [5.41, 5.74) is 0. The minimum atomic E-state index is -3.49. The van der Waals surface area contributed by atoms with E-state index in [4.69, 9.17) is 9.47 Å². The second-order valence-electron chi connectivity index (χ2n) is 4.24. The smallest absolute Gasteiger partial charge is 0.240 e. The Morgan fingerprint density at radius 1 is 1.28 bits per heavy atom. The van der Waals surface area contributed by atoms with Gasteiger partial charge in [0.2, 0.25) is 10.0 Å². The molecule has 0 radical (unpaired) electrons. The minimum absolute atomic E-state index is 0.0943. The highest BCUT2D eigenvalue weighted by Crippen LogP contribution is 2.32. The van der Waals surface area contributed by atoms with Crippen molar-refractivity contribution >= 4 is 10.0 Å². The highest BCUT2D eigenvalue weighted by molar-refractivity contribution is 7.89. The van der Waals surface area contributed by atoms with Gasteiger partial charge in [-0.15, -0.1) is 0 Å². The van der Waals surface area contributed by atoms with E-state index in [0.717, 1.165) is 6.42 Å². The van der Waals surface area contributed by atoms with Gasteiger partial charge in [0.05, 0.1) is 4.90 Å². The molecule has 18 heavy (non-hydrogen) atoms. The predicted octanol–water partition coefficient (Wildman–Crippen LogP) is 1.53. The number of rotatable bonds is 4. The molecule has 0 bridgehead atoms. The summed E-state index contributed by atoms with van der Waals surface area (Å²) in [6, 6.07) is 4.56. The lowest BCUT2D eigenvalue weighted by atomic mass is 10.3. The summed E-state index contributed by atoms with van der Waals surface area (Å²) < 4.78 is 37.5. The van der Waals surface area contributed by atoms with Crippen LogP contribution in [0.5, 0.6) is 11.5 Å². The zero-order chi connectivity index (χ0) is 13.2. The van der Waals surface area contributed by atoms with Crippen LogP contribution in [-0.4, -0.2) is 27.7 Å². The maximum atomic E-state index is 12.1. The first-order valence-electron chi connectivity index (χ1n) is 5.95. The number of hydrogen-bond acceptors (Lipinski definition) is 4. The van der Waals surface area contributed by atoms with E-state index in [1.807, 2.05) is 13.8 Å². The number of benzene rings is 1. The Kier molecular flexibility index (Phi) is 3.77. The van der Waals surface area contributed by atoms with Gasteiger partial charge < -0.3 is 9.47 Å². The van der Waals surface area contributed by atoms with Gasteiger partial charge in [0.1, 0.15) is 13.2 Å². The predicted molar refractivity (Wildman–Crippen MR) is 67.5 cm³/mol. The molecule has 6 heteroatoms. The summed E-state index contributed by atoms with van der Waals surface area (Å²) in [4.78, 5) is 0.201. The number of hydrogen-bond donors (Lipinski definition) is 1. The molecule has 1 unspecified atom stereocenters. The van der Waals surface area contributed by atoms with Crippen molar-refractivity contribution in [3.8, 4) is 11.5 Å². The molecule has 0 saturated carbocycles. The van der Waals surface area contributed by atoms with Crippen molar-refractivity contribution in [2.75, 3.05) is 13.2 Å². The first-order valence-corrected chi connectivity index (χ1v) is 7.43. The number of nitrogens with one attached hydrogen (secondary N) is 1. The largest absolute Gasteiger partial charge is 0.486 e.